The number of nitrogens with one attached hydrogen (secondary N) is 1. The lowest BCUT2D eigenvalue weighted by atomic mass is 10.1. The molecule has 1 aromatic heterocycles. The van der Waals surface area contributed by atoms with Gasteiger partial charge in [-0.05, 0) is 73.5 Å². The highest BCUT2D eigenvalue weighted by Gasteiger charge is 2.28. The first-order valence-electron chi connectivity index (χ1n) is 9.25. The van der Waals surface area contributed by atoms with Gasteiger partial charge < -0.3 is 9.73 Å². The van der Waals surface area contributed by atoms with Crippen molar-refractivity contribution in [1.82, 2.24) is 4.98 Å². The number of hydrogen-bond donors (Lipinski definition) is 1. The summed E-state index contributed by atoms with van der Waals surface area (Å²) >= 11 is 3.33. The molecule has 4 aromatic rings. The fourth-order valence-electron chi connectivity index (χ4n) is 3.17. The van der Waals surface area contributed by atoms with Gasteiger partial charge in [-0.15, -0.1) is 0 Å². The van der Waals surface area contributed by atoms with Crippen LogP contribution >= 0.6 is 15.9 Å². The van der Waals surface area contributed by atoms with E-state index < -0.39 is 9.84 Å². The molecule has 0 saturated carbocycles. The minimum atomic E-state index is -3.90. The first-order valence-corrected chi connectivity index (χ1v) is 11.5. The maximum absolute atomic E-state index is 13.4. The second-order valence-electron chi connectivity index (χ2n) is 6.98. The van der Waals surface area contributed by atoms with E-state index in [4.69, 9.17) is 4.42 Å². The van der Waals surface area contributed by atoms with Gasteiger partial charge in [0.25, 0.3) is 0 Å². The first-order chi connectivity index (χ1) is 14.3. The van der Waals surface area contributed by atoms with Crippen LogP contribution in [-0.4, -0.2) is 13.4 Å². The van der Waals surface area contributed by atoms with Gasteiger partial charge in [0.15, 0.2) is 0 Å². The van der Waals surface area contributed by atoms with Gasteiger partial charge in [0, 0.05) is 15.7 Å². The molecule has 7 heteroatoms. The van der Waals surface area contributed by atoms with Crippen LogP contribution in [0.25, 0.3) is 11.5 Å². The lowest BCUT2D eigenvalue weighted by Gasteiger charge is -2.08. The van der Waals surface area contributed by atoms with Crippen LogP contribution in [0.1, 0.15) is 11.1 Å². The molecule has 4 rings (SSSR count). The number of sulfone groups is 1. The van der Waals surface area contributed by atoms with Gasteiger partial charge in [0.2, 0.25) is 26.6 Å². The lowest BCUT2D eigenvalue weighted by Crippen LogP contribution is -2.05. The van der Waals surface area contributed by atoms with Crippen LogP contribution in [0, 0.1) is 13.8 Å². The third-order valence-corrected chi connectivity index (χ3v) is 6.68. The molecular weight excluding hydrogens is 464 g/mol. The van der Waals surface area contributed by atoms with E-state index in [2.05, 4.69) is 26.2 Å². The number of aryl methyl sites for hydroxylation is 2. The van der Waals surface area contributed by atoms with Crippen LogP contribution in [-0.2, 0) is 9.84 Å². The molecule has 1 N–H and O–H groups in total. The molecule has 30 heavy (non-hydrogen) atoms. The number of rotatable bonds is 5. The average Bonchev–Trinajstić information content (AvgIpc) is 3.13. The summed E-state index contributed by atoms with van der Waals surface area (Å²) in [7, 11) is -3.90. The number of hydrogen-bond acceptors (Lipinski definition) is 5. The molecular formula is C23H19BrN2O3S. The molecule has 3 aromatic carbocycles. The van der Waals surface area contributed by atoms with Crippen LogP contribution in [0.5, 0.6) is 0 Å². The Labute approximate surface area is 183 Å². The normalized spacial score (nSPS) is 11.4. The van der Waals surface area contributed by atoms with E-state index in [-0.39, 0.29) is 21.7 Å². The molecule has 0 aliphatic rings. The van der Waals surface area contributed by atoms with Gasteiger partial charge in [-0.2, -0.15) is 4.98 Å². The Morgan fingerprint density at radius 2 is 1.53 bits per heavy atom. The standard InChI is InChI=1S/C23H19BrN2O3S/c1-15-12-16(2)14-19(13-15)25-22-23(26-21(29-22)17-6-4-3-5-7-17)30(27,28)20-10-8-18(24)9-11-20/h3-14,25H,1-2H3. The summed E-state index contributed by atoms with van der Waals surface area (Å²) in [4.78, 5) is 4.50. The van der Waals surface area contributed by atoms with Crippen LogP contribution in [0.4, 0.5) is 11.6 Å². The predicted octanol–water partition coefficient (Wildman–Crippen LogP) is 6.30. The van der Waals surface area contributed by atoms with Gasteiger partial charge >= 0.3 is 0 Å². The molecule has 1 heterocycles. The zero-order valence-corrected chi connectivity index (χ0v) is 18.8. The summed E-state index contributed by atoms with van der Waals surface area (Å²) in [6.07, 6.45) is 0. The zero-order chi connectivity index (χ0) is 21.3. The van der Waals surface area contributed by atoms with Crippen LogP contribution in [0.2, 0.25) is 0 Å². The third-order valence-electron chi connectivity index (χ3n) is 4.47. The molecule has 0 amide bonds. The quantitative estimate of drug-likeness (QED) is 0.361. The molecule has 0 spiro atoms. The Kier molecular flexibility index (Phi) is 5.49. The van der Waals surface area contributed by atoms with Crippen molar-refractivity contribution in [3.63, 3.8) is 0 Å². The predicted molar refractivity (Wildman–Crippen MR) is 121 cm³/mol. The molecule has 0 radical (unpaired) electrons. The Balaban J connectivity index is 1.85. The monoisotopic (exact) mass is 482 g/mol. The lowest BCUT2D eigenvalue weighted by molar-refractivity contribution is 0.582. The number of aromatic nitrogens is 1. The minimum absolute atomic E-state index is 0.0850. The Morgan fingerprint density at radius 3 is 2.17 bits per heavy atom. The number of anilines is 2. The molecule has 0 atom stereocenters. The van der Waals surface area contributed by atoms with Crippen molar-refractivity contribution in [2.24, 2.45) is 0 Å². The van der Waals surface area contributed by atoms with E-state index in [1.54, 1.807) is 12.1 Å². The highest BCUT2D eigenvalue weighted by atomic mass is 79.9. The zero-order valence-electron chi connectivity index (χ0n) is 16.4. The molecule has 0 aliphatic heterocycles. The minimum Gasteiger partial charge on any atom is -0.419 e. The van der Waals surface area contributed by atoms with Gasteiger partial charge in [0.05, 0.1) is 4.90 Å². The largest absolute Gasteiger partial charge is 0.419 e. The summed E-state index contributed by atoms with van der Waals surface area (Å²) in [6, 6.07) is 21.5. The fourth-order valence-corrected chi connectivity index (χ4v) is 4.70. The van der Waals surface area contributed by atoms with E-state index in [0.29, 0.717) is 5.56 Å². The molecule has 0 bridgehead atoms. The Bertz CT molecular complexity index is 1280. The van der Waals surface area contributed by atoms with E-state index in [9.17, 15) is 8.42 Å². The van der Waals surface area contributed by atoms with Crippen molar-refractivity contribution in [3.05, 3.63) is 88.4 Å². The van der Waals surface area contributed by atoms with Gasteiger partial charge in [-0.25, -0.2) is 8.42 Å². The second kappa shape index (κ2) is 8.08. The maximum atomic E-state index is 13.4. The summed E-state index contributed by atoms with van der Waals surface area (Å²) in [5, 5.41) is 2.96. The van der Waals surface area contributed by atoms with E-state index >= 15 is 0 Å². The van der Waals surface area contributed by atoms with Crippen molar-refractivity contribution in [1.29, 1.82) is 0 Å². The first kappa shape index (κ1) is 20.4. The highest BCUT2D eigenvalue weighted by Crippen LogP contribution is 2.34. The Hall–Kier alpha value is -2.90. The van der Waals surface area contributed by atoms with Gasteiger partial charge in [-0.1, -0.05) is 40.2 Å². The summed E-state index contributed by atoms with van der Waals surface area (Å²) in [6.45, 7) is 3.96. The summed E-state index contributed by atoms with van der Waals surface area (Å²) < 4.78 is 33.4. The number of benzene rings is 3. The molecule has 5 nitrogen and oxygen atoms in total. The van der Waals surface area contributed by atoms with Crippen LogP contribution < -0.4 is 5.32 Å². The maximum Gasteiger partial charge on any atom is 0.238 e. The van der Waals surface area contributed by atoms with Crippen molar-refractivity contribution in [3.8, 4) is 11.5 Å². The second-order valence-corrected chi connectivity index (χ2v) is 9.76. The van der Waals surface area contributed by atoms with Crippen molar-refractivity contribution in [2.45, 2.75) is 23.8 Å². The number of halogens is 1. The number of oxazole rings is 1. The fraction of sp³-hybridized carbons (Fsp3) is 0.0870. The molecule has 0 fully saturated rings. The number of nitrogens with zero attached hydrogens (tertiary/aromatic N) is 1. The Morgan fingerprint density at radius 1 is 0.900 bits per heavy atom. The average molecular weight is 483 g/mol. The van der Waals surface area contributed by atoms with Gasteiger partial charge in [-0.3, -0.25) is 0 Å². The topological polar surface area (TPSA) is 72.2 Å². The van der Waals surface area contributed by atoms with Crippen molar-refractivity contribution < 1.29 is 12.8 Å². The molecule has 0 aliphatic carbocycles. The van der Waals surface area contributed by atoms with Crippen molar-refractivity contribution >= 4 is 37.3 Å². The van der Waals surface area contributed by atoms with E-state index in [1.807, 2.05) is 62.4 Å². The van der Waals surface area contributed by atoms with Crippen LogP contribution in [0.15, 0.2) is 91.6 Å². The third kappa shape index (κ3) is 4.17. The van der Waals surface area contributed by atoms with Crippen LogP contribution in [0.3, 0.4) is 0 Å². The summed E-state index contributed by atoms with van der Waals surface area (Å²) in [5.41, 5.74) is 3.53. The smallest absolute Gasteiger partial charge is 0.238 e. The summed E-state index contributed by atoms with van der Waals surface area (Å²) in [5.74, 6) is 0.319. The van der Waals surface area contributed by atoms with E-state index in [1.165, 1.54) is 12.1 Å². The molecule has 0 unspecified atom stereocenters. The highest BCUT2D eigenvalue weighted by molar-refractivity contribution is 9.10. The van der Waals surface area contributed by atoms with E-state index in [0.717, 1.165) is 21.3 Å². The SMILES string of the molecule is Cc1cc(C)cc(Nc2oc(-c3ccccc3)nc2S(=O)(=O)c2ccc(Br)cc2)c1. The van der Waals surface area contributed by atoms with Crippen molar-refractivity contribution in [2.75, 3.05) is 5.32 Å². The van der Waals surface area contributed by atoms with Gasteiger partial charge in [0.1, 0.15) is 0 Å². The molecule has 0 saturated heterocycles. The molecule has 152 valence electrons.